The molecule has 1 unspecified atom stereocenters. The quantitative estimate of drug-likeness (QED) is 0.798. The third-order valence-electron chi connectivity index (χ3n) is 3.06. The smallest absolute Gasteiger partial charge is 0.307 e. The van der Waals surface area contributed by atoms with Gasteiger partial charge >= 0.3 is 5.97 Å². The Kier molecular flexibility index (Phi) is 4.21. The fourth-order valence-corrected chi connectivity index (χ4v) is 2.01. The molecule has 4 nitrogen and oxygen atoms in total. The number of hydrogen-bond donors (Lipinski definition) is 0. The van der Waals surface area contributed by atoms with Crippen LogP contribution in [0, 0.1) is 11.3 Å². The van der Waals surface area contributed by atoms with Gasteiger partial charge in [-0.2, -0.15) is 5.26 Å². The van der Waals surface area contributed by atoms with Gasteiger partial charge in [0, 0.05) is 12.0 Å². The van der Waals surface area contributed by atoms with Gasteiger partial charge in [0.05, 0.1) is 7.11 Å². The lowest BCUT2D eigenvalue weighted by atomic mass is 10.0. The molecule has 4 heteroatoms. The zero-order valence-electron chi connectivity index (χ0n) is 11.4. The summed E-state index contributed by atoms with van der Waals surface area (Å²) >= 11 is 0. The lowest BCUT2D eigenvalue weighted by Crippen LogP contribution is -2.09. The van der Waals surface area contributed by atoms with Gasteiger partial charge in [-0.1, -0.05) is 31.2 Å². The van der Waals surface area contributed by atoms with Crippen LogP contribution in [-0.4, -0.2) is 13.1 Å². The molecule has 102 valence electrons. The largest absolute Gasteiger partial charge is 0.497 e. The molecule has 0 aliphatic rings. The van der Waals surface area contributed by atoms with Crippen molar-refractivity contribution in [2.45, 2.75) is 19.4 Å². The van der Waals surface area contributed by atoms with E-state index in [9.17, 15) is 10.1 Å². The van der Waals surface area contributed by atoms with Crippen molar-refractivity contribution in [1.29, 1.82) is 5.26 Å². The summed E-state index contributed by atoms with van der Waals surface area (Å²) in [6.45, 7) is 1.70. The van der Waals surface area contributed by atoms with Crippen LogP contribution in [0.15, 0.2) is 36.4 Å². The van der Waals surface area contributed by atoms with Crippen LogP contribution in [0.5, 0.6) is 5.75 Å². The third kappa shape index (κ3) is 2.72. The van der Waals surface area contributed by atoms with Crippen LogP contribution in [-0.2, 0) is 9.53 Å². The number of ether oxygens (including phenoxy) is 2. The molecule has 20 heavy (non-hydrogen) atoms. The number of hydrogen-bond acceptors (Lipinski definition) is 4. The van der Waals surface area contributed by atoms with Gasteiger partial charge in [0.2, 0.25) is 6.10 Å². The summed E-state index contributed by atoms with van der Waals surface area (Å²) in [5.74, 6) is 0.305. The van der Waals surface area contributed by atoms with Crippen LogP contribution in [0.3, 0.4) is 0 Å². The second-order valence-electron chi connectivity index (χ2n) is 4.29. The van der Waals surface area contributed by atoms with E-state index >= 15 is 0 Å². The van der Waals surface area contributed by atoms with Crippen molar-refractivity contribution in [2.24, 2.45) is 0 Å². The Hall–Kier alpha value is -2.54. The molecule has 2 aromatic rings. The second kappa shape index (κ2) is 6.07. The summed E-state index contributed by atoms with van der Waals surface area (Å²) in [4.78, 5) is 11.4. The number of carbonyl (C=O) groups is 1. The third-order valence-corrected chi connectivity index (χ3v) is 3.06. The van der Waals surface area contributed by atoms with Gasteiger partial charge in [0.15, 0.2) is 0 Å². The van der Waals surface area contributed by atoms with Crippen LogP contribution >= 0.6 is 0 Å². The first kappa shape index (κ1) is 13.9. The first-order chi connectivity index (χ1) is 9.69. The number of esters is 1. The van der Waals surface area contributed by atoms with E-state index < -0.39 is 12.1 Å². The topological polar surface area (TPSA) is 59.3 Å². The van der Waals surface area contributed by atoms with Crippen LogP contribution in [0.2, 0.25) is 0 Å². The number of nitriles is 1. The van der Waals surface area contributed by atoms with Gasteiger partial charge in [-0.05, 0) is 22.9 Å². The van der Waals surface area contributed by atoms with Crippen molar-refractivity contribution in [1.82, 2.24) is 0 Å². The van der Waals surface area contributed by atoms with Gasteiger partial charge in [-0.3, -0.25) is 4.79 Å². The summed E-state index contributed by atoms with van der Waals surface area (Å²) < 4.78 is 10.4. The minimum atomic E-state index is -0.904. The van der Waals surface area contributed by atoms with Gasteiger partial charge in [0.1, 0.15) is 11.8 Å². The van der Waals surface area contributed by atoms with Crippen molar-refractivity contribution in [3.8, 4) is 11.8 Å². The molecule has 0 saturated heterocycles. The first-order valence-corrected chi connectivity index (χ1v) is 6.35. The van der Waals surface area contributed by atoms with Crippen molar-refractivity contribution >= 4 is 16.7 Å². The van der Waals surface area contributed by atoms with E-state index in [1.807, 2.05) is 36.4 Å². The molecule has 0 heterocycles. The first-order valence-electron chi connectivity index (χ1n) is 6.35. The normalized spacial score (nSPS) is 11.7. The maximum Gasteiger partial charge on any atom is 0.307 e. The molecule has 0 aromatic heterocycles. The molecule has 0 fully saturated rings. The van der Waals surface area contributed by atoms with E-state index in [2.05, 4.69) is 0 Å². The molecule has 2 rings (SSSR count). The summed E-state index contributed by atoms with van der Waals surface area (Å²) in [6, 6.07) is 13.2. The summed E-state index contributed by atoms with van der Waals surface area (Å²) in [5, 5.41) is 11.1. The highest BCUT2D eigenvalue weighted by Gasteiger charge is 2.17. The second-order valence-corrected chi connectivity index (χ2v) is 4.29. The molecule has 0 saturated carbocycles. The molecule has 0 amide bonds. The molecule has 0 N–H and O–H groups in total. The molecule has 0 aliphatic heterocycles. The number of fused-ring (bicyclic) bond motifs is 1. The van der Waals surface area contributed by atoms with E-state index in [-0.39, 0.29) is 6.42 Å². The number of rotatable bonds is 4. The monoisotopic (exact) mass is 269 g/mol. The maximum absolute atomic E-state index is 11.4. The van der Waals surface area contributed by atoms with E-state index in [4.69, 9.17) is 9.47 Å². The van der Waals surface area contributed by atoms with E-state index in [1.165, 1.54) is 0 Å². The van der Waals surface area contributed by atoms with Crippen molar-refractivity contribution < 1.29 is 14.3 Å². The SMILES string of the molecule is CCC(=O)OC(C#N)c1cccc2ccc(OC)cc12. The zero-order chi connectivity index (χ0) is 14.5. The molecular formula is C16H15NO3. The Morgan fingerprint density at radius 3 is 2.80 bits per heavy atom. The molecule has 1 atom stereocenters. The predicted molar refractivity (Wildman–Crippen MR) is 75.2 cm³/mol. The van der Waals surface area contributed by atoms with Crippen molar-refractivity contribution in [3.05, 3.63) is 42.0 Å². The minimum Gasteiger partial charge on any atom is -0.497 e. The molecule has 0 spiro atoms. The molecule has 0 bridgehead atoms. The lowest BCUT2D eigenvalue weighted by molar-refractivity contribution is -0.146. The highest BCUT2D eigenvalue weighted by molar-refractivity contribution is 5.88. The number of carbonyl (C=O) groups excluding carboxylic acids is 1. The Labute approximate surface area is 117 Å². The molecular weight excluding hydrogens is 254 g/mol. The Morgan fingerprint density at radius 1 is 1.35 bits per heavy atom. The van der Waals surface area contributed by atoms with Crippen LogP contribution in [0.25, 0.3) is 10.8 Å². The van der Waals surface area contributed by atoms with Gasteiger partial charge in [0.25, 0.3) is 0 Å². The molecule has 0 radical (unpaired) electrons. The van der Waals surface area contributed by atoms with Gasteiger partial charge < -0.3 is 9.47 Å². The zero-order valence-corrected chi connectivity index (χ0v) is 11.4. The maximum atomic E-state index is 11.4. The predicted octanol–water partition coefficient (Wildman–Crippen LogP) is 3.37. The average molecular weight is 269 g/mol. The van der Waals surface area contributed by atoms with Crippen LogP contribution in [0.4, 0.5) is 0 Å². The fourth-order valence-electron chi connectivity index (χ4n) is 2.01. The molecule has 0 aliphatic carbocycles. The van der Waals surface area contributed by atoms with E-state index in [0.29, 0.717) is 11.3 Å². The molecule has 2 aromatic carbocycles. The summed E-state index contributed by atoms with van der Waals surface area (Å²) in [6.07, 6.45) is -0.662. The van der Waals surface area contributed by atoms with Crippen molar-refractivity contribution in [2.75, 3.05) is 7.11 Å². The lowest BCUT2D eigenvalue weighted by Gasteiger charge is -2.14. The van der Waals surface area contributed by atoms with Crippen molar-refractivity contribution in [3.63, 3.8) is 0 Å². The van der Waals surface area contributed by atoms with E-state index in [0.717, 1.165) is 10.8 Å². The Balaban J connectivity index is 2.51. The Bertz CT molecular complexity index is 673. The van der Waals surface area contributed by atoms with Crippen LogP contribution in [0.1, 0.15) is 25.0 Å². The van der Waals surface area contributed by atoms with E-state index in [1.54, 1.807) is 20.1 Å². The average Bonchev–Trinajstić information content (AvgIpc) is 2.51. The number of methoxy groups -OCH3 is 1. The number of nitrogens with zero attached hydrogens (tertiary/aromatic N) is 1. The standard InChI is InChI=1S/C16H15NO3/c1-3-16(18)20-15(10-17)13-6-4-5-11-7-8-12(19-2)9-14(11)13/h4-9,15H,3H2,1-2H3. The summed E-state index contributed by atoms with van der Waals surface area (Å²) in [5.41, 5.74) is 0.672. The summed E-state index contributed by atoms with van der Waals surface area (Å²) in [7, 11) is 1.59. The Morgan fingerprint density at radius 2 is 2.15 bits per heavy atom. The highest BCUT2D eigenvalue weighted by Crippen LogP contribution is 2.29. The minimum absolute atomic E-state index is 0.242. The van der Waals surface area contributed by atoms with Gasteiger partial charge in [-0.25, -0.2) is 0 Å². The number of benzene rings is 2. The van der Waals surface area contributed by atoms with Crippen LogP contribution < -0.4 is 4.74 Å². The van der Waals surface area contributed by atoms with Gasteiger partial charge in [-0.15, -0.1) is 0 Å². The fraction of sp³-hybridized carbons (Fsp3) is 0.250. The highest BCUT2D eigenvalue weighted by atomic mass is 16.5.